The Morgan fingerprint density at radius 3 is 2.12 bits per heavy atom. The Labute approximate surface area is 158 Å². The van der Waals surface area contributed by atoms with Crippen molar-refractivity contribution < 1.29 is 4.42 Å². The maximum atomic E-state index is 6.15. The van der Waals surface area contributed by atoms with Crippen molar-refractivity contribution in [3.05, 3.63) is 83.3 Å². The van der Waals surface area contributed by atoms with Gasteiger partial charge in [0.2, 0.25) is 0 Å². The molecule has 0 amide bonds. The summed E-state index contributed by atoms with van der Waals surface area (Å²) in [5.74, 6) is 0.690. The van der Waals surface area contributed by atoms with Gasteiger partial charge in [-0.05, 0) is 28.1 Å². The molecule has 0 radical (unpaired) electrons. The lowest BCUT2D eigenvalue weighted by atomic mass is 10.1. The SMILES string of the molecule is Brc1cccc2oc3c(-c4ccccc4)nc(-c4ccccc4)nc3c12. The first kappa shape index (κ1) is 15.3. The Kier molecular flexibility index (Phi) is 3.57. The summed E-state index contributed by atoms with van der Waals surface area (Å²) < 4.78 is 7.12. The molecule has 0 fully saturated rings. The molecule has 5 rings (SSSR count). The molecule has 0 aliphatic heterocycles. The van der Waals surface area contributed by atoms with E-state index in [0.29, 0.717) is 11.4 Å². The minimum atomic E-state index is 0.690. The number of hydrogen-bond acceptors (Lipinski definition) is 3. The molecule has 3 nitrogen and oxygen atoms in total. The largest absolute Gasteiger partial charge is 0.452 e. The smallest absolute Gasteiger partial charge is 0.180 e. The molecular weight excluding hydrogens is 388 g/mol. The van der Waals surface area contributed by atoms with E-state index in [4.69, 9.17) is 14.4 Å². The Morgan fingerprint density at radius 2 is 1.38 bits per heavy atom. The van der Waals surface area contributed by atoms with E-state index in [1.807, 2.05) is 78.9 Å². The highest BCUT2D eigenvalue weighted by atomic mass is 79.9. The number of furan rings is 1. The summed E-state index contributed by atoms with van der Waals surface area (Å²) in [6.07, 6.45) is 0. The third-order valence-corrected chi connectivity index (χ3v) is 5.03. The normalized spacial score (nSPS) is 11.3. The van der Waals surface area contributed by atoms with Gasteiger partial charge in [-0.15, -0.1) is 0 Å². The Morgan fingerprint density at radius 1 is 0.692 bits per heavy atom. The van der Waals surface area contributed by atoms with Gasteiger partial charge in [-0.3, -0.25) is 0 Å². The maximum Gasteiger partial charge on any atom is 0.180 e. The molecule has 0 spiro atoms. The second-order valence-corrected chi connectivity index (χ2v) is 6.87. The zero-order valence-electron chi connectivity index (χ0n) is 13.7. The molecule has 0 unspecified atom stereocenters. The summed E-state index contributed by atoms with van der Waals surface area (Å²) in [5, 5.41) is 0.972. The highest BCUT2D eigenvalue weighted by molar-refractivity contribution is 9.10. The molecular formula is C22H13BrN2O. The number of halogens is 1. The van der Waals surface area contributed by atoms with Crippen LogP contribution < -0.4 is 0 Å². The van der Waals surface area contributed by atoms with E-state index in [1.165, 1.54) is 0 Å². The van der Waals surface area contributed by atoms with Crippen LogP contribution in [0.2, 0.25) is 0 Å². The molecule has 124 valence electrons. The average Bonchev–Trinajstić information content (AvgIpc) is 3.08. The van der Waals surface area contributed by atoms with Crippen molar-refractivity contribution in [2.75, 3.05) is 0 Å². The van der Waals surface area contributed by atoms with Gasteiger partial charge in [0, 0.05) is 15.6 Å². The van der Waals surface area contributed by atoms with Crippen LogP contribution in [0.4, 0.5) is 0 Å². The van der Waals surface area contributed by atoms with Crippen molar-refractivity contribution in [3.8, 4) is 22.6 Å². The topological polar surface area (TPSA) is 38.9 Å². The molecule has 2 aromatic heterocycles. The van der Waals surface area contributed by atoms with Crippen LogP contribution in [0.5, 0.6) is 0 Å². The van der Waals surface area contributed by atoms with Crippen LogP contribution in [0.25, 0.3) is 44.7 Å². The number of fused-ring (bicyclic) bond motifs is 3. The molecule has 0 N–H and O–H groups in total. The second kappa shape index (κ2) is 6.07. The second-order valence-electron chi connectivity index (χ2n) is 6.02. The van der Waals surface area contributed by atoms with E-state index in [-0.39, 0.29) is 0 Å². The van der Waals surface area contributed by atoms with Gasteiger partial charge in [-0.2, -0.15) is 0 Å². The summed E-state index contributed by atoms with van der Waals surface area (Å²) in [6.45, 7) is 0. The quantitative estimate of drug-likeness (QED) is 0.340. The third-order valence-electron chi connectivity index (χ3n) is 4.37. The van der Waals surface area contributed by atoms with Gasteiger partial charge in [-0.1, -0.05) is 66.7 Å². The fourth-order valence-corrected chi connectivity index (χ4v) is 3.69. The standard InChI is InChI=1S/C22H13BrN2O/c23-16-12-7-13-17-18(16)20-21(26-17)19(14-8-3-1-4-9-14)24-22(25-20)15-10-5-2-6-11-15/h1-13H. The third kappa shape index (κ3) is 2.42. The molecule has 2 heterocycles. The molecule has 4 heteroatoms. The molecule has 0 saturated heterocycles. The lowest BCUT2D eigenvalue weighted by molar-refractivity contribution is 0.667. The van der Waals surface area contributed by atoms with Crippen LogP contribution in [0, 0.1) is 0 Å². The zero-order chi connectivity index (χ0) is 17.5. The van der Waals surface area contributed by atoms with Gasteiger partial charge in [-0.25, -0.2) is 9.97 Å². The highest BCUT2D eigenvalue weighted by Crippen LogP contribution is 2.38. The molecule has 0 saturated carbocycles. The van der Waals surface area contributed by atoms with Crippen molar-refractivity contribution in [2.24, 2.45) is 0 Å². The number of nitrogens with zero attached hydrogens (tertiary/aromatic N) is 2. The Bertz CT molecular complexity index is 1230. The summed E-state index contributed by atoms with van der Waals surface area (Å²) >= 11 is 3.64. The average molecular weight is 401 g/mol. The predicted octanol–water partition coefficient (Wildman–Crippen LogP) is 6.47. The van der Waals surface area contributed by atoms with Crippen molar-refractivity contribution in [1.82, 2.24) is 9.97 Å². The lowest BCUT2D eigenvalue weighted by Crippen LogP contribution is -1.93. The van der Waals surface area contributed by atoms with Crippen LogP contribution in [0.3, 0.4) is 0 Å². The molecule has 26 heavy (non-hydrogen) atoms. The molecule has 0 aliphatic carbocycles. The first-order chi connectivity index (χ1) is 12.8. The predicted molar refractivity (Wildman–Crippen MR) is 108 cm³/mol. The van der Waals surface area contributed by atoms with Crippen LogP contribution in [-0.2, 0) is 0 Å². The van der Waals surface area contributed by atoms with E-state index in [0.717, 1.165) is 37.8 Å². The van der Waals surface area contributed by atoms with Gasteiger partial charge in [0.05, 0.1) is 5.39 Å². The number of aromatic nitrogens is 2. The fraction of sp³-hybridized carbons (Fsp3) is 0. The minimum absolute atomic E-state index is 0.690. The fourth-order valence-electron chi connectivity index (χ4n) is 3.15. The van der Waals surface area contributed by atoms with Crippen LogP contribution >= 0.6 is 15.9 Å². The minimum Gasteiger partial charge on any atom is -0.452 e. The summed E-state index contributed by atoms with van der Waals surface area (Å²) in [5.41, 5.74) is 5.11. The van der Waals surface area contributed by atoms with Crippen molar-refractivity contribution >= 4 is 38.0 Å². The summed E-state index contributed by atoms with van der Waals surface area (Å²) in [4.78, 5) is 9.69. The van der Waals surface area contributed by atoms with Crippen molar-refractivity contribution in [2.45, 2.75) is 0 Å². The monoisotopic (exact) mass is 400 g/mol. The number of hydrogen-bond donors (Lipinski definition) is 0. The number of rotatable bonds is 2. The van der Waals surface area contributed by atoms with Gasteiger partial charge in [0.25, 0.3) is 0 Å². The van der Waals surface area contributed by atoms with E-state index < -0.39 is 0 Å². The first-order valence-electron chi connectivity index (χ1n) is 8.31. The van der Waals surface area contributed by atoms with E-state index in [9.17, 15) is 0 Å². The van der Waals surface area contributed by atoms with Crippen LogP contribution in [0.1, 0.15) is 0 Å². The van der Waals surface area contributed by atoms with Crippen LogP contribution in [0.15, 0.2) is 87.8 Å². The number of benzene rings is 3. The van der Waals surface area contributed by atoms with E-state index in [1.54, 1.807) is 0 Å². The van der Waals surface area contributed by atoms with Crippen molar-refractivity contribution in [1.29, 1.82) is 0 Å². The van der Waals surface area contributed by atoms with Gasteiger partial charge in [0.1, 0.15) is 16.8 Å². The zero-order valence-corrected chi connectivity index (χ0v) is 15.3. The summed E-state index contributed by atoms with van der Waals surface area (Å²) in [6, 6.07) is 26.0. The van der Waals surface area contributed by atoms with Gasteiger partial charge >= 0.3 is 0 Å². The molecule has 5 aromatic rings. The Hall–Kier alpha value is -2.98. The highest BCUT2D eigenvalue weighted by Gasteiger charge is 2.19. The van der Waals surface area contributed by atoms with E-state index >= 15 is 0 Å². The molecule has 0 bridgehead atoms. The maximum absolute atomic E-state index is 6.15. The van der Waals surface area contributed by atoms with Gasteiger partial charge in [0.15, 0.2) is 11.4 Å². The van der Waals surface area contributed by atoms with E-state index in [2.05, 4.69) is 15.9 Å². The molecule has 0 aliphatic rings. The first-order valence-corrected chi connectivity index (χ1v) is 9.10. The summed E-state index contributed by atoms with van der Waals surface area (Å²) in [7, 11) is 0. The molecule has 0 atom stereocenters. The Balaban J connectivity index is 1.93. The molecule has 3 aromatic carbocycles. The van der Waals surface area contributed by atoms with Gasteiger partial charge < -0.3 is 4.42 Å². The van der Waals surface area contributed by atoms with Crippen molar-refractivity contribution in [3.63, 3.8) is 0 Å². The lowest BCUT2D eigenvalue weighted by Gasteiger charge is -2.06. The van der Waals surface area contributed by atoms with Crippen LogP contribution in [-0.4, -0.2) is 9.97 Å².